The molecule has 6 nitrogen and oxygen atoms in total. The quantitative estimate of drug-likeness (QED) is 0.597. The van der Waals surface area contributed by atoms with Gasteiger partial charge < -0.3 is 14.4 Å². The molecule has 1 atom stereocenters. The lowest BCUT2D eigenvalue weighted by Crippen LogP contribution is -2.32. The summed E-state index contributed by atoms with van der Waals surface area (Å²) in [5.41, 5.74) is 3.79. The SMILES string of the molecule is COc1ccc(CC2c3c(cnn3-c3ccc(OC)cc3)C(=O)N2CC2CC2)cc1. The molecule has 30 heavy (non-hydrogen) atoms. The van der Waals surface area contributed by atoms with Gasteiger partial charge in [-0.15, -0.1) is 0 Å². The van der Waals surface area contributed by atoms with Gasteiger partial charge in [0.1, 0.15) is 11.5 Å². The maximum absolute atomic E-state index is 13.2. The third-order valence-corrected chi connectivity index (χ3v) is 6.05. The number of rotatable bonds is 7. The van der Waals surface area contributed by atoms with Gasteiger partial charge in [-0.25, -0.2) is 4.68 Å². The van der Waals surface area contributed by atoms with Gasteiger partial charge in [-0.3, -0.25) is 4.79 Å². The lowest BCUT2D eigenvalue weighted by atomic mass is 10.0. The molecule has 1 fully saturated rings. The fourth-order valence-electron chi connectivity index (χ4n) is 4.20. The van der Waals surface area contributed by atoms with Gasteiger partial charge in [0.05, 0.1) is 43.4 Å². The van der Waals surface area contributed by atoms with Crippen molar-refractivity contribution in [2.75, 3.05) is 20.8 Å². The van der Waals surface area contributed by atoms with Crippen LogP contribution in [0.2, 0.25) is 0 Å². The summed E-state index contributed by atoms with van der Waals surface area (Å²) in [6, 6.07) is 15.8. The molecular formula is C24H25N3O3. The standard InChI is InChI=1S/C24H25N3O3/c1-29-19-9-5-16(6-10-19)13-22-23-21(24(28)26(22)15-17-3-4-17)14-25-27(23)18-7-11-20(30-2)12-8-18/h5-12,14,17,22H,3-4,13,15H2,1-2H3. The van der Waals surface area contributed by atoms with Crippen LogP contribution in [-0.2, 0) is 6.42 Å². The molecule has 0 bridgehead atoms. The lowest BCUT2D eigenvalue weighted by Gasteiger charge is -2.26. The first kappa shape index (κ1) is 18.7. The molecule has 6 heteroatoms. The number of amides is 1. The number of methoxy groups -OCH3 is 2. The number of aromatic nitrogens is 2. The van der Waals surface area contributed by atoms with Gasteiger partial charge in [0.15, 0.2) is 0 Å². The Bertz CT molecular complexity index is 1050. The Labute approximate surface area is 176 Å². The molecule has 1 aliphatic heterocycles. The van der Waals surface area contributed by atoms with Gasteiger partial charge >= 0.3 is 0 Å². The summed E-state index contributed by atoms with van der Waals surface area (Å²) in [5.74, 6) is 2.35. The molecule has 1 amide bonds. The molecule has 0 spiro atoms. The van der Waals surface area contributed by atoms with Crippen molar-refractivity contribution in [2.45, 2.75) is 25.3 Å². The Hall–Kier alpha value is -3.28. The van der Waals surface area contributed by atoms with Crippen molar-refractivity contribution < 1.29 is 14.3 Å². The van der Waals surface area contributed by atoms with Crippen LogP contribution in [0.3, 0.4) is 0 Å². The first-order valence-corrected chi connectivity index (χ1v) is 10.3. The van der Waals surface area contributed by atoms with E-state index in [4.69, 9.17) is 9.47 Å². The molecule has 1 aromatic heterocycles. The normalized spacial score (nSPS) is 17.9. The van der Waals surface area contributed by atoms with Crippen molar-refractivity contribution in [1.82, 2.24) is 14.7 Å². The molecule has 1 aliphatic carbocycles. The zero-order chi connectivity index (χ0) is 20.7. The maximum Gasteiger partial charge on any atom is 0.258 e. The monoisotopic (exact) mass is 403 g/mol. The Kier molecular flexibility index (Phi) is 4.69. The van der Waals surface area contributed by atoms with Crippen LogP contribution in [0.25, 0.3) is 5.69 Å². The molecule has 0 radical (unpaired) electrons. The molecule has 1 unspecified atom stereocenters. The second-order valence-electron chi connectivity index (χ2n) is 8.02. The highest BCUT2D eigenvalue weighted by Crippen LogP contribution is 2.41. The summed E-state index contributed by atoms with van der Waals surface area (Å²) >= 11 is 0. The van der Waals surface area contributed by atoms with E-state index in [0.717, 1.165) is 35.8 Å². The van der Waals surface area contributed by atoms with Crippen molar-refractivity contribution in [3.63, 3.8) is 0 Å². The van der Waals surface area contributed by atoms with Crippen molar-refractivity contribution in [1.29, 1.82) is 0 Å². The number of carbonyl (C=O) groups excluding carboxylic acids is 1. The molecule has 5 rings (SSSR count). The predicted octanol–water partition coefficient (Wildman–Crippen LogP) is 4.04. The average molecular weight is 403 g/mol. The third kappa shape index (κ3) is 3.32. The lowest BCUT2D eigenvalue weighted by molar-refractivity contribution is 0.0710. The summed E-state index contributed by atoms with van der Waals surface area (Å²) in [7, 11) is 3.32. The van der Waals surface area contributed by atoms with Crippen LogP contribution < -0.4 is 9.47 Å². The molecule has 0 saturated heterocycles. The molecule has 1 saturated carbocycles. The first-order chi connectivity index (χ1) is 14.7. The van der Waals surface area contributed by atoms with Crippen molar-refractivity contribution >= 4 is 5.91 Å². The third-order valence-electron chi connectivity index (χ3n) is 6.05. The summed E-state index contributed by atoms with van der Waals surface area (Å²) < 4.78 is 12.5. The number of hydrogen-bond acceptors (Lipinski definition) is 4. The van der Waals surface area contributed by atoms with E-state index < -0.39 is 0 Å². The Morgan fingerprint density at radius 1 is 0.967 bits per heavy atom. The Morgan fingerprint density at radius 3 is 2.20 bits per heavy atom. The van der Waals surface area contributed by atoms with E-state index in [0.29, 0.717) is 11.5 Å². The summed E-state index contributed by atoms with van der Waals surface area (Å²) in [5, 5.41) is 4.57. The second-order valence-corrected chi connectivity index (χ2v) is 8.02. The van der Waals surface area contributed by atoms with Crippen LogP contribution in [0.1, 0.15) is 40.5 Å². The van der Waals surface area contributed by atoms with Crippen LogP contribution in [-0.4, -0.2) is 41.4 Å². The highest BCUT2D eigenvalue weighted by molar-refractivity contribution is 5.98. The summed E-state index contributed by atoms with van der Waals surface area (Å²) in [4.78, 5) is 15.3. The van der Waals surface area contributed by atoms with Crippen LogP contribution in [0.15, 0.2) is 54.7 Å². The van der Waals surface area contributed by atoms with Crippen LogP contribution in [0.4, 0.5) is 0 Å². The number of hydrogen-bond donors (Lipinski definition) is 0. The molecule has 154 valence electrons. The summed E-state index contributed by atoms with van der Waals surface area (Å²) in [6.45, 7) is 0.816. The smallest absolute Gasteiger partial charge is 0.258 e. The number of benzene rings is 2. The molecular weight excluding hydrogens is 378 g/mol. The fraction of sp³-hybridized carbons (Fsp3) is 0.333. The summed E-state index contributed by atoms with van der Waals surface area (Å²) in [6.07, 6.45) is 4.88. The van der Waals surface area contributed by atoms with E-state index in [2.05, 4.69) is 17.2 Å². The van der Waals surface area contributed by atoms with Gasteiger partial charge in [0, 0.05) is 6.54 Å². The number of carbonyl (C=O) groups is 1. The van der Waals surface area contributed by atoms with Gasteiger partial charge in [0.25, 0.3) is 5.91 Å². The zero-order valence-electron chi connectivity index (χ0n) is 17.2. The number of nitrogens with zero attached hydrogens (tertiary/aromatic N) is 3. The van der Waals surface area contributed by atoms with E-state index >= 15 is 0 Å². The Morgan fingerprint density at radius 2 is 1.60 bits per heavy atom. The largest absolute Gasteiger partial charge is 0.497 e. The number of fused-ring (bicyclic) bond motifs is 1. The first-order valence-electron chi connectivity index (χ1n) is 10.3. The van der Waals surface area contributed by atoms with E-state index in [-0.39, 0.29) is 11.9 Å². The average Bonchev–Trinajstić information content (AvgIpc) is 3.45. The van der Waals surface area contributed by atoms with Crippen LogP contribution >= 0.6 is 0 Å². The minimum absolute atomic E-state index is 0.0360. The Balaban J connectivity index is 1.52. The second kappa shape index (κ2) is 7.52. The van der Waals surface area contributed by atoms with E-state index in [9.17, 15) is 4.79 Å². The topological polar surface area (TPSA) is 56.6 Å². The molecule has 0 N–H and O–H groups in total. The van der Waals surface area contributed by atoms with Crippen LogP contribution in [0.5, 0.6) is 11.5 Å². The number of ether oxygens (including phenoxy) is 2. The molecule has 2 aromatic carbocycles. The molecule has 3 aromatic rings. The van der Waals surface area contributed by atoms with Gasteiger partial charge in [-0.1, -0.05) is 12.1 Å². The van der Waals surface area contributed by atoms with Crippen molar-refractivity contribution in [3.8, 4) is 17.2 Å². The van der Waals surface area contributed by atoms with Crippen molar-refractivity contribution in [3.05, 3.63) is 71.5 Å². The minimum Gasteiger partial charge on any atom is -0.497 e. The highest BCUT2D eigenvalue weighted by atomic mass is 16.5. The van der Waals surface area contributed by atoms with Gasteiger partial charge in [-0.2, -0.15) is 5.10 Å². The highest BCUT2D eigenvalue weighted by Gasteiger charge is 2.42. The van der Waals surface area contributed by atoms with E-state index in [1.165, 1.54) is 18.4 Å². The fourth-order valence-corrected chi connectivity index (χ4v) is 4.20. The maximum atomic E-state index is 13.2. The predicted molar refractivity (Wildman–Crippen MR) is 113 cm³/mol. The van der Waals surface area contributed by atoms with Gasteiger partial charge in [0.2, 0.25) is 0 Å². The molecule has 2 heterocycles. The van der Waals surface area contributed by atoms with E-state index in [1.807, 2.05) is 46.0 Å². The van der Waals surface area contributed by atoms with E-state index in [1.54, 1.807) is 20.4 Å². The zero-order valence-corrected chi connectivity index (χ0v) is 17.2. The minimum atomic E-state index is -0.0360. The molecule has 2 aliphatic rings. The van der Waals surface area contributed by atoms with Gasteiger partial charge in [-0.05, 0) is 67.1 Å². The van der Waals surface area contributed by atoms with Crippen molar-refractivity contribution in [2.24, 2.45) is 5.92 Å². The van der Waals surface area contributed by atoms with Crippen LogP contribution in [0, 0.1) is 5.92 Å².